The predicted octanol–water partition coefficient (Wildman–Crippen LogP) is 3.75. The van der Waals surface area contributed by atoms with Crippen molar-refractivity contribution in [3.63, 3.8) is 0 Å². The minimum absolute atomic E-state index is 0.0271. The summed E-state index contributed by atoms with van der Waals surface area (Å²) < 4.78 is 40.6. The predicted molar refractivity (Wildman–Crippen MR) is 124 cm³/mol. The van der Waals surface area contributed by atoms with E-state index in [-0.39, 0.29) is 16.9 Å². The van der Waals surface area contributed by atoms with Crippen LogP contribution < -0.4 is 15.5 Å². The van der Waals surface area contributed by atoms with Crippen molar-refractivity contribution < 1.29 is 12.8 Å². The molecule has 3 aromatic rings. The topological polar surface area (TPSA) is 118 Å². The molecule has 0 saturated heterocycles. The fourth-order valence-electron chi connectivity index (χ4n) is 4.97. The van der Waals surface area contributed by atoms with Gasteiger partial charge in [-0.15, -0.1) is 5.10 Å². The SMILES string of the molecule is NS(=O)(=O)c1ccc(Nc2ncc3cc4n(c3n2)C2(CCCCC2)C(F)=NN4C2CC2)cc1. The fourth-order valence-corrected chi connectivity index (χ4v) is 5.48. The molecule has 33 heavy (non-hydrogen) atoms. The summed E-state index contributed by atoms with van der Waals surface area (Å²) >= 11 is 0. The van der Waals surface area contributed by atoms with Gasteiger partial charge in [-0.2, -0.15) is 9.37 Å². The Morgan fingerprint density at radius 2 is 1.85 bits per heavy atom. The highest BCUT2D eigenvalue weighted by molar-refractivity contribution is 7.89. The van der Waals surface area contributed by atoms with Crippen LogP contribution in [0.1, 0.15) is 44.9 Å². The summed E-state index contributed by atoms with van der Waals surface area (Å²) in [6, 6.07) is 8.28. The average molecular weight is 470 g/mol. The maximum absolute atomic E-state index is 15.6. The van der Waals surface area contributed by atoms with E-state index in [1.807, 2.05) is 15.6 Å². The molecule has 3 aliphatic rings. The third-order valence-electron chi connectivity index (χ3n) is 6.78. The molecule has 3 heterocycles. The van der Waals surface area contributed by atoms with Gasteiger partial charge in [0.2, 0.25) is 21.9 Å². The summed E-state index contributed by atoms with van der Waals surface area (Å²) in [6.45, 7) is 0. The number of hydrogen-bond acceptors (Lipinski definition) is 7. The molecule has 2 aliphatic carbocycles. The van der Waals surface area contributed by atoms with Crippen LogP contribution >= 0.6 is 0 Å². The third kappa shape index (κ3) is 3.37. The molecular formula is C22H24FN7O2S. The van der Waals surface area contributed by atoms with Crippen molar-refractivity contribution in [2.75, 3.05) is 10.3 Å². The number of nitrogens with one attached hydrogen (secondary N) is 1. The van der Waals surface area contributed by atoms with Gasteiger partial charge in [0, 0.05) is 17.3 Å². The number of aromatic nitrogens is 3. The molecule has 2 fully saturated rings. The first-order valence-corrected chi connectivity index (χ1v) is 12.7. The number of hydrogen-bond donors (Lipinski definition) is 2. The van der Waals surface area contributed by atoms with Crippen molar-refractivity contribution >= 4 is 44.5 Å². The first-order valence-electron chi connectivity index (χ1n) is 11.2. The van der Waals surface area contributed by atoms with E-state index in [9.17, 15) is 8.42 Å². The molecule has 0 radical (unpaired) electrons. The maximum Gasteiger partial charge on any atom is 0.238 e. The van der Waals surface area contributed by atoms with E-state index in [0.717, 1.165) is 43.3 Å². The highest BCUT2D eigenvalue weighted by Crippen LogP contribution is 2.48. The van der Waals surface area contributed by atoms with Gasteiger partial charge in [0.15, 0.2) is 0 Å². The van der Waals surface area contributed by atoms with E-state index in [0.29, 0.717) is 30.1 Å². The molecule has 3 N–H and O–H groups in total. The maximum atomic E-state index is 15.6. The van der Waals surface area contributed by atoms with Gasteiger partial charge in [0.25, 0.3) is 0 Å². The number of sulfonamides is 1. The molecule has 6 rings (SSSR count). The zero-order valence-corrected chi connectivity index (χ0v) is 18.7. The number of fused-ring (bicyclic) bond motifs is 4. The number of primary sulfonamides is 1. The second-order valence-corrected chi connectivity index (χ2v) is 10.6. The molecule has 2 saturated carbocycles. The van der Waals surface area contributed by atoms with Gasteiger partial charge in [-0.3, -0.25) is 4.57 Å². The lowest BCUT2D eigenvalue weighted by atomic mass is 9.81. The number of rotatable bonds is 4. The number of hydrazone groups is 1. The van der Waals surface area contributed by atoms with E-state index in [1.54, 1.807) is 18.3 Å². The molecular weight excluding hydrogens is 445 g/mol. The van der Waals surface area contributed by atoms with Crippen LogP contribution in [0.2, 0.25) is 0 Å². The standard InChI is InChI=1S/C22H24FN7O2S/c23-20-22(10-2-1-3-11-22)29-18(30(28-20)16-6-7-16)12-14-13-25-21(27-19(14)29)26-15-4-8-17(9-5-15)33(24,31)32/h4-5,8-9,12-13,16H,1-3,6-7,10-11H2,(H2,24,31,32)(H,25,26,27). The Morgan fingerprint density at radius 3 is 2.52 bits per heavy atom. The Hall–Kier alpha value is -3.05. The Bertz CT molecular complexity index is 1370. The first-order chi connectivity index (χ1) is 15.8. The molecule has 0 amide bonds. The van der Waals surface area contributed by atoms with Gasteiger partial charge < -0.3 is 5.32 Å². The molecule has 172 valence electrons. The van der Waals surface area contributed by atoms with E-state index in [4.69, 9.17) is 10.1 Å². The zero-order chi connectivity index (χ0) is 22.8. The Morgan fingerprint density at radius 1 is 1.12 bits per heavy atom. The minimum atomic E-state index is -3.77. The summed E-state index contributed by atoms with van der Waals surface area (Å²) in [6.07, 6.45) is 8.09. The normalized spacial score (nSPS) is 20.1. The second kappa shape index (κ2) is 7.22. The van der Waals surface area contributed by atoms with Crippen LogP contribution in [0.3, 0.4) is 0 Å². The van der Waals surface area contributed by atoms with Crippen molar-refractivity contribution in [2.45, 2.75) is 61.4 Å². The van der Waals surface area contributed by atoms with Gasteiger partial charge in [-0.1, -0.05) is 19.3 Å². The Balaban J connectivity index is 1.43. The molecule has 11 heteroatoms. The first kappa shape index (κ1) is 20.5. The molecule has 1 aliphatic heterocycles. The third-order valence-corrected chi connectivity index (χ3v) is 7.71. The van der Waals surface area contributed by atoms with Crippen molar-refractivity contribution in [3.8, 4) is 0 Å². The summed E-state index contributed by atoms with van der Waals surface area (Å²) in [7, 11) is -3.77. The van der Waals surface area contributed by atoms with Crippen molar-refractivity contribution in [1.29, 1.82) is 0 Å². The van der Waals surface area contributed by atoms with Crippen LogP contribution in [0.5, 0.6) is 0 Å². The molecule has 2 aromatic heterocycles. The number of anilines is 3. The van der Waals surface area contributed by atoms with Gasteiger partial charge in [0.1, 0.15) is 17.0 Å². The second-order valence-electron chi connectivity index (χ2n) is 9.06. The van der Waals surface area contributed by atoms with Gasteiger partial charge in [0.05, 0.1) is 10.9 Å². The number of nitrogens with zero attached hydrogens (tertiary/aromatic N) is 5. The zero-order valence-electron chi connectivity index (χ0n) is 17.9. The highest BCUT2D eigenvalue weighted by atomic mass is 32.2. The molecule has 1 spiro atoms. The lowest BCUT2D eigenvalue weighted by Crippen LogP contribution is -2.48. The number of benzene rings is 1. The summed E-state index contributed by atoms with van der Waals surface area (Å²) in [5.41, 5.74) is 0.483. The van der Waals surface area contributed by atoms with Crippen molar-refractivity contribution in [1.82, 2.24) is 14.5 Å². The quantitative estimate of drug-likeness (QED) is 0.601. The van der Waals surface area contributed by atoms with Crippen molar-refractivity contribution in [3.05, 3.63) is 36.5 Å². The van der Waals surface area contributed by atoms with E-state index in [2.05, 4.69) is 15.4 Å². The van der Waals surface area contributed by atoms with E-state index < -0.39 is 15.6 Å². The van der Waals surface area contributed by atoms with Crippen LogP contribution in [0.25, 0.3) is 11.0 Å². The molecule has 9 nitrogen and oxygen atoms in total. The van der Waals surface area contributed by atoms with Crippen LogP contribution in [-0.2, 0) is 15.6 Å². The molecule has 0 unspecified atom stereocenters. The largest absolute Gasteiger partial charge is 0.324 e. The van der Waals surface area contributed by atoms with Gasteiger partial charge >= 0.3 is 0 Å². The number of halogens is 1. The lowest BCUT2D eigenvalue weighted by Gasteiger charge is -2.42. The fraction of sp³-hybridized carbons (Fsp3) is 0.409. The molecule has 0 atom stereocenters. The van der Waals surface area contributed by atoms with Gasteiger partial charge in [-0.05, 0) is 56.0 Å². The van der Waals surface area contributed by atoms with Gasteiger partial charge in [-0.25, -0.2) is 23.5 Å². The van der Waals surface area contributed by atoms with Crippen LogP contribution in [0.15, 0.2) is 46.5 Å². The van der Waals surface area contributed by atoms with Crippen LogP contribution in [0.4, 0.5) is 21.8 Å². The summed E-state index contributed by atoms with van der Waals surface area (Å²) in [5.74, 6) is 0.893. The van der Waals surface area contributed by atoms with Crippen LogP contribution in [-0.4, -0.2) is 35.0 Å². The Labute approximate surface area is 190 Å². The smallest absolute Gasteiger partial charge is 0.238 e. The van der Waals surface area contributed by atoms with Crippen LogP contribution in [0, 0.1) is 0 Å². The lowest BCUT2D eigenvalue weighted by molar-refractivity contribution is 0.262. The van der Waals surface area contributed by atoms with E-state index in [1.165, 1.54) is 12.1 Å². The molecule has 0 bridgehead atoms. The Kier molecular flexibility index (Phi) is 4.50. The monoisotopic (exact) mass is 469 g/mol. The van der Waals surface area contributed by atoms with E-state index >= 15 is 4.39 Å². The average Bonchev–Trinajstić information content (AvgIpc) is 3.57. The highest BCUT2D eigenvalue weighted by Gasteiger charge is 2.48. The number of nitrogens with two attached hydrogens (primary N) is 1. The molecule has 1 aromatic carbocycles. The summed E-state index contributed by atoms with van der Waals surface area (Å²) in [5, 5.41) is 15.3. The summed E-state index contributed by atoms with van der Waals surface area (Å²) in [4.78, 5) is 9.22. The minimum Gasteiger partial charge on any atom is -0.324 e. The van der Waals surface area contributed by atoms with Crippen molar-refractivity contribution in [2.24, 2.45) is 10.2 Å².